The van der Waals surface area contributed by atoms with Gasteiger partial charge in [-0.2, -0.15) is 0 Å². The first kappa shape index (κ1) is 17.7. The molecule has 0 aliphatic heterocycles. The lowest BCUT2D eigenvalue weighted by atomic mass is 9.85. The maximum absolute atomic E-state index is 12.2. The van der Waals surface area contributed by atoms with Crippen molar-refractivity contribution in [2.45, 2.75) is 24.7 Å². The maximum Gasteiger partial charge on any atom is 0.338 e. The Bertz CT molecular complexity index is 694. The lowest BCUT2D eigenvalue weighted by molar-refractivity contribution is 0.0395. The average Bonchev–Trinajstić information content (AvgIpc) is 2.53. The van der Waals surface area contributed by atoms with Crippen LogP contribution in [0.15, 0.2) is 41.3 Å². The van der Waals surface area contributed by atoms with E-state index in [-0.39, 0.29) is 10.5 Å². The maximum atomic E-state index is 12.2. The summed E-state index contributed by atoms with van der Waals surface area (Å²) in [5.41, 5.74) is 0.256. The van der Waals surface area contributed by atoms with Crippen LogP contribution in [0.4, 0.5) is 0 Å². The van der Waals surface area contributed by atoms with Crippen LogP contribution in [0.5, 0.6) is 0 Å². The van der Waals surface area contributed by atoms with Crippen LogP contribution in [0.2, 0.25) is 0 Å². The van der Waals surface area contributed by atoms with Crippen LogP contribution in [-0.2, 0) is 14.8 Å². The van der Waals surface area contributed by atoms with E-state index in [9.17, 15) is 13.2 Å². The van der Waals surface area contributed by atoms with Gasteiger partial charge in [-0.25, -0.2) is 17.5 Å². The Kier molecular flexibility index (Phi) is 5.59. The second kappa shape index (κ2) is 7.27. The van der Waals surface area contributed by atoms with Gasteiger partial charge in [-0.05, 0) is 42.9 Å². The van der Waals surface area contributed by atoms with Crippen LogP contribution in [0, 0.1) is 11.8 Å². The molecule has 0 aromatic heterocycles. The Morgan fingerprint density at radius 3 is 2.61 bits per heavy atom. The molecule has 0 spiro atoms. The molecule has 2 rings (SSSR count). The van der Waals surface area contributed by atoms with Crippen molar-refractivity contribution in [1.82, 2.24) is 4.31 Å². The van der Waals surface area contributed by atoms with E-state index in [0.717, 1.165) is 17.1 Å². The second-order valence-corrected chi connectivity index (χ2v) is 8.25. The Labute approximate surface area is 138 Å². The van der Waals surface area contributed by atoms with Gasteiger partial charge in [0, 0.05) is 14.1 Å². The molecule has 1 aliphatic rings. The van der Waals surface area contributed by atoms with Gasteiger partial charge in [-0.15, -0.1) is 0 Å². The number of allylic oxidation sites excluding steroid dienone is 2. The van der Waals surface area contributed by atoms with Gasteiger partial charge in [-0.1, -0.05) is 25.1 Å². The molecule has 1 aliphatic carbocycles. The number of hydrogen-bond acceptors (Lipinski definition) is 4. The smallest absolute Gasteiger partial charge is 0.338 e. The van der Waals surface area contributed by atoms with E-state index in [1.807, 2.05) is 0 Å². The molecule has 5 nitrogen and oxygen atoms in total. The first-order chi connectivity index (χ1) is 10.8. The zero-order valence-corrected chi connectivity index (χ0v) is 14.5. The van der Waals surface area contributed by atoms with Gasteiger partial charge in [-0.3, -0.25) is 0 Å². The molecule has 0 bridgehead atoms. The molecule has 126 valence electrons. The lowest BCUT2D eigenvalue weighted by Crippen LogP contribution is -2.23. The highest BCUT2D eigenvalue weighted by Crippen LogP contribution is 2.25. The minimum Gasteiger partial charge on any atom is -0.462 e. The summed E-state index contributed by atoms with van der Waals surface area (Å²) < 4.78 is 30.7. The van der Waals surface area contributed by atoms with Gasteiger partial charge >= 0.3 is 5.97 Å². The molecule has 1 aromatic rings. The van der Waals surface area contributed by atoms with E-state index >= 15 is 0 Å². The van der Waals surface area contributed by atoms with Crippen molar-refractivity contribution in [2.24, 2.45) is 11.8 Å². The standard InChI is InChI=1S/C17H23NO4S/c1-13-7-4-5-8-15(13)12-22-17(19)14-9-6-10-16(11-14)23(20,21)18(2)3/h4-6,9-11,13,15H,7-8,12H2,1-3H3/t13-,15-/m0/s1. The van der Waals surface area contributed by atoms with E-state index in [1.54, 1.807) is 12.1 Å². The predicted octanol–water partition coefficient (Wildman–Crippen LogP) is 2.70. The summed E-state index contributed by atoms with van der Waals surface area (Å²) in [5, 5.41) is 0. The molecule has 0 N–H and O–H groups in total. The third-order valence-corrected chi connectivity index (χ3v) is 6.01. The molecule has 23 heavy (non-hydrogen) atoms. The molecule has 6 heteroatoms. The molecule has 0 saturated carbocycles. The lowest BCUT2D eigenvalue weighted by Gasteiger charge is -2.24. The molecule has 2 atom stereocenters. The van der Waals surface area contributed by atoms with Crippen molar-refractivity contribution in [3.8, 4) is 0 Å². The van der Waals surface area contributed by atoms with Crippen LogP contribution in [0.1, 0.15) is 30.1 Å². The minimum atomic E-state index is -3.56. The quantitative estimate of drug-likeness (QED) is 0.612. The summed E-state index contributed by atoms with van der Waals surface area (Å²) in [5.74, 6) is 0.313. The molecule has 0 radical (unpaired) electrons. The van der Waals surface area contributed by atoms with Crippen molar-refractivity contribution in [3.05, 3.63) is 42.0 Å². The highest BCUT2D eigenvalue weighted by Gasteiger charge is 2.22. The highest BCUT2D eigenvalue weighted by atomic mass is 32.2. The number of ether oxygens (including phenoxy) is 1. The van der Waals surface area contributed by atoms with Crippen LogP contribution >= 0.6 is 0 Å². The monoisotopic (exact) mass is 337 g/mol. The average molecular weight is 337 g/mol. The molecular weight excluding hydrogens is 314 g/mol. The van der Waals surface area contributed by atoms with Gasteiger partial charge < -0.3 is 4.74 Å². The topological polar surface area (TPSA) is 63.7 Å². The van der Waals surface area contributed by atoms with Crippen molar-refractivity contribution in [1.29, 1.82) is 0 Å². The zero-order chi connectivity index (χ0) is 17.0. The summed E-state index contributed by atoms with van der Waals surface area (Å²) in [7, 11) is -0.647. The fraction of sp³-hybridized carbons (Fsp3) is 0.471. The van der Waals surface area contributed by atoms with E-state index in [0.29, 0.717) is 18.4 Å². The fourth-order valence-electron chi connectivity index (χ4n) is 2.50. The molecule has 0 heterocycles. The fourth-order valence-corrected chi connectivity index (χ4v) is 3.45. The van der Waals surface area contributed by atoms with E-state index in [2.05, 4.69) is 19.1 Å². The number of carbonyl (C=O) groups is 1. The first-order valence-electron chi connectivity index (χ1n) is 7.67. The minimum absolute atomic E-state index is 0.0888. The number of nitrogens with zero attached hydrogens (tertiary/aromatic N) is 1. The molecule has 0 amide bonds. The first-order valence-corrected chi connectivity index (χ1v) is 9.11. The van der Waals surface area contributed by atoms with Gasteiger partial charge in [0.2, 0.25) is 10.0 Å². The third-order valence-electron chi connectivity index (χ3n) is 4.19. The molecule has 1 aromatic carbocycles. The van der Waals surface area contributed by atoms with Gasteiger partial charge in [0.25, 0.3) is 0 Å². The second-order valence-electron chi connectivity index (χ2n) is 6.09. The third kappa shape index (κ3) is 4.20. The van der Waals surface area contributed by atoms with Crippen molar-refractivity contribution >= 4 is 16.0 Å². The predicted molar refractivity (Wildman–Crippen MR) is 88.6 cm³/mol. The van der Waals surface area contributed by atoms with Crippen molar-refractivity contribution < 1.29 is 17.9 Å². The zero-order valence-electron chi connectivity index (χ0n) is 13.7. The SMILES string of the molecule is C[C@H]1CC=CC[C@H]1COC(=O)c1cccc(S(=O)(=O)N(C)C)c1. The number of hydrogen-bond donors (Lipinski definition) is 0. The summed E-state index contributed by atoms with van der Waals surface area (Å²) in [6.07, 6.45) is 6.17. The Morgan fingerprint density at radius 1 is 1.26 bits per heavy atom. The molecule has 0 fully saturated rings. The van der Waals surface area contributed by atoms with Crippen molar-refractivity contribution in [2.75, 3.05) is 20.7 Å². The number of carbonyl (C=O) groups excluding carboxylic acids is 1. The summed E-state index contributed by atoms with van der Waals surface area (Å²) in [6, 6.07) is 5.96. The van der Waals surface area contributed by atoms with Crippen LogP contribution in [-0.4, -0.2) is 39.4 Å². The van der Waals surface area contributed by atoms with E-state index in [1.165, 1.54) is 26.2 Å². The van der Waals surface area contributed by atoms with Gasteiger partial charge in [0.1, 0.15) is 0 Å². The molecule has 0 saturated heterocycles. The molecular formula is C17H23NO4S. The molecule has 0 unspecified atom stereocenters. The number of rotatable bonds is 5. The highest BCUT2D eigenvalue weighted by molar-refractivity contribution is 7.89. The summed E-state index contributed by atoms with van der Waals surface area (Å²) in [6.45, 7) is 2.50. The van der Waals surface area contributed by atoms with Gasteiger partial charge in [0.05, 0.1) is 17.1 Å². The summed E-state index contributed by atoms with van der Waals surface area (Å²) >= 11 is 0. The van der Waals surface area contributed by atoms with E-state index in [4.69, 9.17) is 4.74 Å². The largest absolute Gasteiger partial charge is 0.462 e. The van der Waals surface area contributed by atoms with Crippen LogP contribution < -0.4 is 0 Å². The Morgan fingerprint density at radius 2 is 1.96 bits per heavy atom. The van der Waals surface area contributed by atoms with Crippen molar-refractivity contribution in [3.63, 3.8) is 0 Å². The number of esters is 1. The number of sulfonamides is 1. The normalized spacial score (nSPS) is 21.4. The van der Waals surface area contributed by atoms with Crippen LogP contribution in [0.25, 0.3) is 0 Å². The summed E-state index contributed by atoms with van der Waals surface area (Å²) in [4.78, 5) is 12.3. The van der Waals surface area contributed by atoms with Crippen LogP contribution in [0.3, 0.4) is 0 Å². The van der Waals surface area contributed by atoms with E-state index < -0.39 is 16.0 Å². The Balaban J connectivity index is 2.07. The Hall–Kier alpha value is -1.66. The number of benzene rings is 1. The van der Waals surface area contributed by atoms with Gasteiger partial charge in [0.15, 0.2) is 0 Å².